The van der Waals surface area contributed by atoms with Crippen LogP contribution >= 0.6 is 0 Å². The van der Waals surface area contributed by atoms with Crippen LogP contribution in [0.4, 0.5) is 0 Å². The van der Waals surface area contributed by atoms with Crippen LogP contribution in [0.3, 0.4) is 0 Å². The first-order valence-electron chi connectivity index (χ1n) is 7.02. The smallest absolute Gasteiger partial charge is 0.221 e. The quantitative estimate of drug-likeness (QED) is 0.698. The Kier molecular flexibility index (Phi) is 4.80. The molecule has 17 heavy (non-hydrogen) atoms. The Morgan fingerprint density at radius 3 is 2.88 bits per heavy atom. The predicted molar refractivity (Wildman–Crippen MR) is 68.6 cm³/mol. The third-order valence-electron chi connectivity index (χ3n) is 4.24. The van der Waals surface area contributed by atoms with Gasteiger partial charge in [-0.3, -0.25) is 9.69 Å². The lowest BCUT2D eigenvalue weighted by molar-refractivity contribution is -0.120. The summed E-state index contributed by atoms with van der Waals surface area (Å²) >= 11 is 0. The van der Waals surface area contributed by atoms with Crippen LogP contribution in [-0.2, 0) is 4.79 Å². The number of amides is 1. The largest absolute Gasteiger partial charge is 0.355 e. The maximum Gasteiger partial charge on any atom is 0.221 e. The van der Waals surface area contributed by atoms with Gasteiger partial charge in [-0.25, -0.2) is 0 Å². The molecule has 2 atom stereocenters. The van der Waals surface area contributed by atoms with Crippen LogP contribution in [0.5, 0.6) is 0 Å². The van der Waals surface area contributed by atoms with Gasteiger partial charge >= 0.3 is 0 Å². The Labute approximate surface area is 104 Å². The molecular formula is C13H25N3O. The molecule has 2 aliphatic rings. The molecule has 4 heteroatoms. The van der Waals surface area contributed by atoms with Gasteiger partial charge in [0.25, 0.3) is 0 Å². The number of carbonyl (C=O) groups excluding carboxylic acids is 1. The molecule has 0 aromatic heterocycles. The molecule has 2 fully saturated rings. The highest BCUT2D eigenvalue weighted by atomic mass is 16.1. The number of carbonyl (C=O) groups is 1. The molecule has 4 nitrogen and oxygen atoms in total. The van der Waals surface area contributed by atoms with Crippen molar-refractivity contribution in [3.05, 3.63) is 0 Å². The molecule has 1 aliphatic heterocycles. The van der Waals surface area contributed by atoms with E-state index < -0.39 is 0 Å². The van der Waals surface area contributed by atoms with E-state index in [0.717, 1.165) is 26.2 Å². The van der Waals surface area contributed by atoms with E-state index in [9.17, 15) is 4.79 Å². The molecule has 1 saturated heterocycles. The minimum atomic E-state index is 0.199. The van der Waals surface area contributed by atoms with Crippen molar-refractivity contribution in [1.82, 2.24) is 10.2 Å². The highest BCUT2D eigenvalue weighted by Gasteiger charge is 2.29. The number of hydrogen-bond acceptors (Lipinski definition) is 3. The van der Waals surface area contributed by atoms with Crippen LogP contribution in [0.1, 0.15) is 38.5 Å². The highest BCUT2D eigenvalue weighted by Crippen LogP contribution is 2.27. The second-order valence-electron chi connectivity index (χ2n) is 5.34. The summed E-state index contributed by atoms with van der Waals surface area (Å²) in [5, 5.41) is 2.95. The molecular weight excluding hydrogens is 214 g/mol. The Morgan fingerprint density at radius 1 is 1.24 bits per heavy atom. The number of nitrogens with one attached hydrogen (secondary N) is 1. The number of nitrogens with zero attached hydrogens (tertiary/aromatic N) is 1. The first-order chi connectivity index (χ1) is 8.31. The molecule has 0 aromatic rings. The van der Waals surface area contributed by atoms with E-state index in [1.54, 1.807) is 0 Å². The third-order valence-corrected chi connectivity index (χ3v) is 4.24. The molecule has 0 spiro atoms. The molecule has 2 unspecified atom stereocenters. The van der Waals surface area contributed by atoms with E-state index in [1.807, 2.05) is 0 Å². The lowest BCUT2D eigenvalue weighted by atomic mass is 9.93. The van der Waals surface area contributed by atoms with Crippen molar-refractivity contribution in [1.29, 1.82) is 0 Å². The van der Waals surface area contributed by atoms with E-state index in [0.29, 0.717) is 18.4 Å². The van der Waals surface area contributed by atoms with Gasteiger partial charge in [-0.2, -0.15) is 0 Å². The van der Waals surface area contributed by atoms with Gasteiger partial charge in [0.1, 0.15) is 0 Å². The SMILES string of the molecule is NCC1CCCCCC1N1CCNC(=O)CC1. The summed E-state index contributed by atoms with van der Waals surface area (Å²) in [7, 11) is 0. The highest BCUT2D eigenvalue weighted by molar-refractivity contribution is 5.76. The molecule has 0 aromatic carbocycles. The average molecular weight is 239 g/mol. The normalized spacial score (nSPS) is 32.6. The molecule has 98 valence electrons. The van der Waals surface area contributed by atoms with Gasteiger partial charge < -0.3 is 11.1 Å². The van der Waals surface area contributed by atoms with Crippen LogP contribution < -0.4 is 11.1 Å². The van der Waals surface area contributed by atoms with Gasteiger partial charge in [-0.1, -0.05) is 19.3 Å². The van der Waals surface area contributed by atoms with Crippen molar-refractivity contribution in [3.63, 3.8) is 0 Å². The molecule has 0 bridgehead atoms. The summed E-state index contributed by atoms with van der Waals surface area (Å²) in [6.45, 7) is 3.50. The topological polar surface area (TPSA) is 58.4 Å². The van der Waals surface area contributed by atoms with Gasteiger partial charge in [0, 0.05) is 32.1 Å². The summed E-state index contributed by atoms with van der Waals surface area (Å²) < 4.78 is 0. The number of hydrogen-bond donors (Lipinski definition) is 2. The van der Waals surface area contributed by atoms with Crippen molar-refractivity contribution in [2.24, 2.45) is 11.7 Å². The van der Waals surface area contributed by atoms with E-state index in [-0.39, 0.29) is 5.91 Å². The summed E-state index contributed by atoms with van der Waals surface area (Å²) in [5.41, 5.74) is 5.93. The Bertz CT molecular complexity index is 257. The van der Waals surface area contributed by atoms with E-state index in [2.05, 4.69) is 10.2 Å². The monoisotopic (exact) mass is 239 g/mol. The molecule has 1 aliphatic carbocycles. The summed E-state index contributed by atoms with van der Waals surface area (Å²) in [4.78, 5) is 13.9. The van der Waals surface area contributed by atoms with Gasteiger partial charge in [0.05, 0.1) is 0 Å². The second kappa shape index (κ2) is 6.36. The predicted octanol–water partition coefficient (Wildman–Crippen LogP) is 0.716. The Hall–Kier alpha value is -0.610. The molecule has 1 saturated carbocycles. The van der Waals surface area contributed by atoms with Crippen LogP contribution in [0.25, 0.3) is 0 Å². The molecule has 1 heterocycles. The number of rotatable bonds is 2. The van der Waals surface area contributed by atoms with Gasteiger partial charge in [0.2, 0.25) is 5.91 Å². The first kappa shape index (κ1) is 12.8. The lowest BCUT2D eigenvalue weighted by Gasteiger charge is -2.34. The van der Waals surface area contributed by atoms with Gasteiger partial charge in [-0.05, 0) is 25.3 Å². The molecule has 0 radical (unpaired) electrons. The zero-order valence-electron chi connectivity index (χ0n) is 10.7. The summed E-state index contributed by atoms with van der Waals surface area (Å²) in [6.07, 6.45) is 7.16. The van der Waals surface area contributed by atoms with E-state index in [1.165, 1.54) is 32.1 Å². The Balaban J connectivity index is 1.99. The zero-order chi connectivity index (χ0) is 12.1. The maximum atomic E-state index is 11.4. The van der Waals surface area contributed by atoms with E-state index in [4.69, 9.17) is 5.73 Å². The number of nitrogens with two attached hydrogens (primary N) is 1. The lowest BCUT2D eigenvalue weighted by Crippen LogP contribution is -2.44. The van der Waals surface area contributed by atoms with Crippen molar-refractivity contribution in [3.8, 4) is 0 Å². The van der Waals surface area contributed by atoms with E-state index >= 15 is 0 Å². The zero-order valence-corrected chi connectivity index (χ0v) is 10.7. The van der Waals surface area contributed by atoms with Gasteiger partial charge in [-0.15, -0.1) is 0 Å². The first-order valence-corrected chi connectivity index (χ1v) is 7.02. The van der Waals surface area contributed by atoms with Crippen molar-refractivity contribution < 1.29 is 4.79 Å². The van der Waals surface area contributed by atoms with Crippen molar-refractivity contribution in [2.75, 3.05) is 26.2 Å². The van der Waals surface area contributed by atoms with Gasteiger partial charge in [0.15, 0.2) is 0 Å². The van der Waals surface area contributed by atoms with Crippen LogP contribution in [-0.4, -0.2) is 43.0 Å². The summed E-state index contributed by atoms with van der Waals surface area (Å²) in [5.74, 6) is 0.830. The van der Waals surface area contributed by atoms with Crippen molar-refractivity contribution in [2.45, 2.75) is 44.6 Å². The fourth-order valence-corrected chi connectivity index (χ4v) is 3.24. The molecule has 3 N–H and O–H groups in total. The third kappa shape index (κ3) is 3.42. The fraction of sp³-hybridized carbons (Fsp3) is 0.923. The van der Waals surface area contributed by atoms with Crippen LogP contribution in [0.15, 0.2) is 0 Å². The van der Waals surface area contributed by atoms with Crippen LogP contribution in [0.2, 0.25) is 0 Å². The average Bonchev–Trinajstić information content (AvgIpc) is 2.68. The minimum Gasteiger partial charge on any atom is -0.355 e. The second-order valence-corrected chi connectivity index (χ2v) is 5.34. The molecule has 2 rings (SSSR count). The maximum absolute atomic E-state index is 11.4. The minimum absolute atomic E-state index is 0.199. The molecule has 1 amide bonds. The standard InChI is InChI=1S/C13H25N3O/c14-10-11-4-2-1-3-5-12(11)16-8-6-13(17)15-7-9-16/h11-12H,1-10,14H2,(H,15,17). The van der Waals surface area contributed by atoms with Crippen molar-refractivity contribution >= 4 is 5.91 Å². The Morgan fingerprint density at radius 2 is 2.06 bits per heavy atom. The summed E-state index contributed by atoms with van der Waals surface area (Å²) in [6, 6.07) is 0.607. The fourth-order valence-electron chi connectivity index (χ4n) is 3.24. The van der Waals surface area contributed by atoms with Crippen LogP contribution in [0, 0.1) is 5.92 Å².